The number of nitrogens with zero attached hydrogens (tertiary/aromatic N) is 1. The van der Waals surface area contributed by atoms with E-state index in [0.717, 1.165) is 26.2 Å². The number of ether oxygens (including phenoxy) is 1. The van der Waals surface area contributed by atoms with Crippen LogP contribution in [0.3, 0.4) is 0 Å². The molecule has 3 nitrogen and oxygen atoms in total. The van der Waals surface area contributed by atoms with E-state index in [4.69, 9.17) is 4.74 Å². The van der Waals surface area contributed by atoms with Crippen LogP contribution in [0.4, 0.5) is 5.69 Å². The van der Waals surface area contributed by atoms with Crippen LogP contribution >= 0.6 is 0 Å². The zero-order valence-electron chi connectivity index (χ0n) is 10.8. The second kappa shape index (κ2) is 6.03. The molecule has 1 unspecified atom stereocenters. The van der Waals surface area contributed by atoms with Crippen LogP contribution in [0.1, 0.15) is 24.9 Å². The Hall–Kier alpha value is -1.06. The third-order valence-electron chi connectivity index (χ3n) is 3.36. The number of hydrogen-bond donors (Lipinski definition) is 1. The van der Waals surface area contributed by atoms with Crippen molar-refractivity contribution >= 4 is 5.69 Å². The fourth-order valence-corrected chi connectivity index (χ4v) is 2.52. The minimum Gasteiger partial charge on any atom is -0.383 e. The fourth-order valence-electron chi connectivity index (χ4n) is 2.52. The van der Waals surface area contributed by atoms with Gasteiger partial charge in [-0.15, -0.1) is 0 Å². The van der Waals surface area contributed by atoms with Crippen molar-refractivity contribution in [1.29, 1.82) is 0 Å². The van der Waals surface area contributed by atoms with Crippen LogP contribution in [0.15, 0.2) is 24.3 Å². The summed E-state index contributed by atoms with van der Waals surface area (Å²) in [5.41, 5.74) is 2.79. The van der Waals surface area contributed by atoms with Gasteiger partial charge in [-0.1, -0.05) is 25.1 Å². The maximum atomic E-state index is 5.18. The maximum Gasteiger partial charge on any atom is 0.0637 e. The highest BCUT2D eigenvalue weighted by Crippen LogP contribution is 2.33. The van der Waals surface area contributed by atoms with Gasteiger partial charge in [0.25, 0.3) is 0 Å². The Labute approximate surface area is 104 Å². The van der Waals surface area contributed by atoms with Crippen LogP contribution < -0.4 is 10.2 Å². The van der Waals surface area contributed by atoms with Crippen molar-refractivity contribution in [1.82, 2.24) is 5.32 Å². The molecule has 0 fully saturated rings. The van der Waals surface area contributed by atoms with E-state index in [0.29, 0.717) is 6.04 Å². The monoisotopic (exact) mass is 234 g/mol. The van der Waals surface area contributed by atoms with Crippen molar-refractivity contribution in [2.45, 2.75) is 19.4 Å². The molecule has 2 rings (SSSR count). The van der Waals surface area contributed by atoms with Gasteiger partial charge in [-0.05, 0) is 24.6 Å². The van der Waals surface area contributed by atoms with Gasteiger partial charge in [-0.2, -0.15) is 0 Å². The van der Waals surface area contributed by atoms with Crippen molar-refractivity contribution < 1.29 is 4.74 Å². The number of para-hydroxylation sites is 1. The lowest BCUT2D eigenvalue weighted by molar-refractivity contribution is 0.204. The van der Waals surface area contributed by atoms with Gasteiger partial charge in [0.1, 0.15) is 0 Å². The largest absolute Gasteiger partial charge is 0.383 e. The molecule has 17 heavy (non-hydrogen) atoms. The summed E-state index contributed by atoms with van der Waals surface area (Å²) >= 11 is 0. The van der Waals surface area contributed by atoms with Crippen LogP contribution in [-0.4, -0.2) is 33.4 Å². The summed E-state index contributed by atoms with van der Waals surface area (Å²) in [6.07, 6.45) is 1.18. The molecule has 1 N–H and O–H groups in total. The first kappa shape index (κ1) is 12.4. The van der Waals surface area contributed by atoms with Gasteiger partial charge in [0.2, 0.25) is 0 Å². The van der Waals surface area contributed by atoms with Gasteiger partial charge in [0.05, 0.1) is 6.61 Å². The van der Waals surface area contributed by atoms with Gasteiger partial charge < -0.3 is 15.0 Å². The second-order valence-corrected chi connectivity index (χ2v) is 4.44. The third kappa shape index (κ3) is 2.79. The highest BCUT2D eigenvalue weighted by molar-refractivity contribution is 5.56. The van der Waals surface area contributed by atoms with Crippen molar-refractivity contribution in [3.8, 4) is 0 Å². The molecule has 0 bridgehead atoms. The summed E-state index contributed by atoms with van der Waals surface area (Å²) in [4.78, 5) is 2.42. The zero-order chi connectivity index (χ0) is 12.1. The molecule has 1 aliphatic rings. The molecule has 1 atom stereocenters. The zero-order valence-corrected chi connectivity index (χ0v) is 10.8. The molecule has 0 spiro atoms. The molecule has 0 aliphatic carbocycles. The quantitative estimate of drug-likeness (QED) is 0.845. The van der Waals surface area contributed by atoms with Crippen LogP contribution in [0.25, 0.3) is 0 Å². The highest BCUT2D eigenvalue weighted by Gasteiger charge is 2.23. The Bertz CT molecular complexity index is 354. The van der Waals surface area contributed by atoms with Crippen LogP contribution in [-0.2, 0) is 4.74 Å². The van der Waals surface area contributed by atoms with E-state index in [1.807, 2.05) is 0 Å². The maximum absolute atomic E-state index is 5.18. The van der Waals surface area contributed by atoms with Crippen molar-refractivity contribution in [3.63, 3.8) is 0 Å². The molecule has 1 aliphatic heterocycles. The van der Waals surface area contributed by atoms with Gasteiger partial charge in [-0.25, -0.2) is 0 Å². The fraction of sp³-hybridized carbons (Fsp3) is 0.571. The van der Waals surface area contributed by atoms with E-state index >= 15 is 0 Å². The molecule has 0 radical (unpaired) electrons. The molecular weight excluding hydrogens is 212 g/mol. The summed E-state index contributed by atoms with van der Waals surface area (Å²) in [5, 5.41) is 3.56. The molecule has 1 aromatic rings. The Balaban J connectivity index is 2.17. The lowest BCUT2D eigenvalue weighted by Crippen LogP contribution is -2.37. The lowest BCUT2D eigenvalue weighted by Gasteiger charge is -2.36. The van der Waals surface area contributed by atoms with Gasteiger partial charge >= 0.3 is 0 Å². The summed E-state index contributed by atoms with van der Waals surface area (Å²) in [5.74, 6) is 0. The number of benzene rings is 1. The van der Waals surface area contributed by atoms with Crippen molar-refractivity contribution in [2.24, 2.45) is 0 Å². The molecule has 0 amide bonds. The van der Waals surface area contributed by atoms with E-state index in [1.54, 1.807) is 7.11 Å². The predicted molar refractivity (Wildman–Crippen MR) is 71.6 cm³/mol. The number of hydrogen-bond acceptors (Lipinski definition) is 3. The van der Waals surface area contributed by atoms with E-state index in [9.17, 15) is 0 Å². The number of methoxy groups -OCH3 is 1. The van der Waals surface area contributed by atoms with Crippen molar-refractivity contribution in [3.05, 3.63) is 29.8 Å². The van der Waals surface area contributed by atoms with Crippen LogP contribution in [0.2, 0.25) is 0 Å². The molecule has 3 heteroatoms. The molecule has 1 aromatic carbocycles. The minimum atomic E-state index is 0.509. The average Bonchev–Trinajstić information content (AvgIpc) is 2.38. The smallest absolute Gasteiger partial charge is 0.0637 e. The number of rotatable bonds is 5. The summed E-state index contributed by atoms with van der Waals surface area (Å²) < 4.78 is 5.18. The molecule has 0 saturated carbocycles. The average molecular weight is 234 g/mol. The molecule has 94 valence electrons. The topological polar surface area (TPSA) is 24.5 Å². The summed E-state index contributed by atoms with van der Waals surface area (Å²) in [7, 11) is 1.76. The Morgan fingerprint density at radius 2 is 2.24 bits per heavy atom. The summed E-state index contributed by atoms with van der Waals surface area (Å²) in [6.45, 7) is 6.07. The van der Waals surface area contributed by atoms with Crippen LogP contribution in [0.5, 0.6) is 0 Å². The van der Waals surface area contributed by atoms with Gasteiger partial charge in [0, 0.05) is 31.9 Å². The van der Waals surface area contributed by atoms with E-state index in [2.05, 4.69) is 41.4 Å². The lowest BCUT2D eigenvalue weighted by atomic mass is 9.96. The van der Waals surface area contributed by atoms with E-state index < -0.39 is 0 Å². The number of nitrogens with one attached hydrogen (secondary N) is 1. The molecule has 0 saturated heterocycles. The van der Waals surface area contributed by atoms with E-state index in [-0.39, 0.29) is 0 Å². The SMILES string of the molecule is CCNC1CCN(CCOC)c2ccccc21. The Kier molecular flexibility index (Phi) is 4.40. The first-order chi connectivity index (χ1) is 8.36. The molecule has 1 heterocycles. The third-order valence-corrected chi connectivity index (χ3v) is 3.36. The normalized spacial score (nSPS) is 19.2. The van der Waals surface area contributed by atoms with E-state index in [1.165, 1.54) is 17.7 Å². The molecular formula is C14H22N2O. The number of fused-ring (bicyclic) bond motifs is 1. The highest BCUT2D eigenvalue weighted by atomic mass is 16.5. The standard InChI is InChI=1S/C14H22N2O/c1-3-15-13-8-9-16(10-11-17-2)14-7-5-4-6-12(13)14/h4-7,13,15H,3,8-11H2,1-2H3. The molecule has 0 aromatic heterocycles. The van der Waals surface area contributed by atoms with Crippen molar-refractivity contribution in [2.75, 3.05) is 38.3 Å². The first-order valence-corrected chi connectivity index (χ1v) is 6.43. The van der Waals surface area contributed by atoms with Crippen LogP contribution in [0, 0.1) is 0 Å². The number of anilines is 1. The first-order valence-electron chi connectivity index (χ1n) is 6.43. The Morgan fingerprint density at radius 1 is 1.41 bits per heavy atom. The van der Waals surface area contributed by atoms with Gasteiger partial charge in [-0.3, -0.25) is 0 Å². The Morgan fingerprint density at radius 3 is 3.00 bits per heavy atom. The minimum absolute atomic E-state index is 0.509. The second-order valence-electron chi connectivity index (χ2n) is 4.44. The van der Waals surface area contributed by atoms with Gasteiger partial charge in [0.15, 0.2) is 0 Å². The predicted octanol–water partition coefficient (Wildman–Crippen LogP) is 2.19. The summed E-state index contributed by atoms with van der Waals surface area (Å²) in [6, 6.07) is 9.21.